The second-order valence-electron chi connectivity index (χ2n) is 5.13. The molecule has 1 fully saturated rings. The number of nitrogens with zero attached hydrogens (tertiary/aromatic N) is 1. The molecule has 1 heterocycles. The Labute approximate surface area is 110 Å². The standard InChI is InChI=1S/C14H17F2NO2/c1-8-5-6-17(13(8)14(18)19)9(2)11-4-3-10(15)7-12(11)16/h3-4,7-9,13H,5-6H2,1-2H3,(H,18,19). The number of carboxylic acid groups (broad SMARTS) is 1. The van der Waals surface area contributed by atoms with Gasteiger partial charge in [0.2, 0.25) is 0 Å². The van der Waals surface area contributed by atoms with Crippen LogP contribution in [-0.2, 0) is 4.79 Å². The lowest BCUT2D eigenvalue weighted by Gasteiger charge is -2.30. The summed E-state index contributed by atoms with van der Waals surface area (Å²) in [5.41, 5.74) is 0.335. The van der Waals surface area contributed by atoms with Gasteiger partial charge in [0.25, 0.3) is 0 Å². The Hall–Kier alpha value is -1.49. The molecule has 0 amide bonds. The molecule has 104 valence electrons. The first-order valence-corrected chi connectivity index (χ1v) is 6.35. The third-order valence-corrected chi connectivity index (χ3v) is 3.90. The van der Waals surface area contributed by atoms with E-state index in [1.807, 2.05) is 6.92 Å². The van der Waals surface area contributed by atoms with Crippen molar-refractivity contribution >= 4 is 5.97 Å². The van der Waals surface area contributed by atoms with Crippen LogP contribution in [0.5, 0.6) is 0 Å². The Morgan fingerprint density at radius 1 is 1.47 bits per heavy atom. The third kappa shape index (κ3) is 2.61. The fourth-order valence-electron chi connectivity index (χ4n) is 2.82. The number of carbonyl (C=O) groups is 1. The van der Waals surface area contributed by atoms with E-state index >= 15 is 0 Å². The Kier molecular flexibility index (Phi) is 3.85. The highest BCUT2D eigenvalue weighted by Gasteiger charge is 2.39. The molecular weight excluding hydrogens is 252 g/mol. The molecule has 1 aliphatic rings. The summed E-state index contributed by atoms with van der Waals surface area (Å²) in [5, 5.41) is 9.27. The number of rotatable bonds is 3. The average Bonchev–Trinajstić information content (AvgIpc) is 2.70. The summed E-state index contributed by atoms with van der Waals surface area (Å²) in [6, 6.07) is 2.42. The zero-order chi connectivity index (χ0) is 14.2. The summed E-state index contributed by atoms with van der Waals surface area (Å²) in [6.07, 6.45) is 0.768. The molecule has 3 unspecified atom stereocenters. The van der Waals surface area contributed by atoms with E-state index in [1.165, 1.54) is 12.1 Å². The lowest BCUT2D eigenvalue weighted by atomic mass is 10.0. The monoisotopic (exact) mass is 269 g/mol. The van der Waals surface area contributed by atoms with E-state index < -0.39 is 23.6 Å². The Bertz CT molecular complexity index is 492. The molecular formula is C14H17F2NO2. The van der Waals surface area contributed by atoms with Crippen molar-refractivity contribution in [2.24, 2.45) is 5.92 Å². The molecule has 5 heteroatoms. The van der Waals surface area contributed by atoms with Crippen molar-refractivity contribution in [3.8, 4) is 0 Å². The quantitative estimate of drug-likeness (QED) is 0.917. The third-order valence-electron chi connectivity index (χ3n) is 3.90. The van der Waals surface area contributed by atoms with E-state index in [4.69, 9.17) is 0 Å². The molecule has 0 spiro atoms. The first kappa shape index (κ1) is 13.9. The maximum atomic E-state index is 13.8. The number of hydrogen-bond acceptors (Lipinski definition) is 2. The van der Waals surface area contributed by atoms with Gasteiger partial charge in [-0.3, -0.25) is 9.69 Å². The second kappa shape index (κ2) is 5.25. The van der Waals surface area contributed by atoms with Crippen molar-refractivity contribution in [3.05, 3.63) is 35.4 Å². The molecule has 1 aliphatic heterocycles. The lowest BCUT2D eigenvalue weighted by molar-refractivity contribution is -0.144. The van der Waals surface area contributed by atoms with Gasteiger partial charge in [-0.25, -0.2) is 8.78 Å². The van der Waals surface area contributed by atoms with E-state index in [2.05, 4.69) is 0 Å². The maximum Gasteiger partial charge on any atom is 0.321 e. The van der Waals surface area contributed by atoms with Gasteiger partial charge in [-0.05, 0) is 31.9 Å². The van der Waals surface area contributed by atoms with Crippen molar-refractivity contribution in [2.75, 3.05) is 6.54 Å². The summed E-state index contributed by atoms with van der Waals surface area (Å²) >= 11 is 0. The van der Waals surface area contributed by atoms with Gasteiger partial charge in [0.15, 0.2) is 0 Å². The highest BCUT2D eigenvalue weighted by molar-refractivity contribution is 5.74. The normalized spacial score (nSPS) is 25.5. The van der Waals surface area contributed by atoms with Crippen LogP contribution in [0, 0.1) is 17.6 Å². The smallest absolute Gasteiger partial charge is 0.321 e. The Balaban J connectivity index is 2.28. The van der Waals surface area contributed by atoms with E-state index in [9.17, 15) is 18.7 Å². The highest BCUT2D eigenvalue weighted by Crippen LogP contribution is 2.33. The topological polar surface area (TPSA) is 40.5 Å². The van der Waals surface area contributed by atoms with Crippen LogP contribution in [0.25, 0.3) is 0 Å². The first-order valence-electron chi connectivity index (χ1n) is 6.35. The molecule has 2 rings (SSSR count). The number of carboxylic acids is 1. The second-order valence-corrected chi connectivity index (χ2v) is 5.13. The fourth-order valence-corrected chi connectivity index (χ4v) is 2.82. The van der Waals surface area contributed by atoms with Gasteiger partial charge in [0.05, 0.1) is 0 Å². The average molecular weight is 269 g/mol. The van der Waals surface area contributed by atoms with Crippen LogP contribution in [0.4, 0.5) is 8.78 Å². The molecule has 0 saturated carbocycles. The maximum absolute atomic E-state index is 13.8. The Morgan fingerprint density at radius 2 is 2.16 bits per heavy atom. The van der Waals surface area contributed by atoms with Crippen LogP contribution >= 0.6 is 0 Å². The van der Waals surface area contributed by atoms with E-state index in [0.717, 1.165) is 12.5 Å². The zero-order valence-electron chi connectivity index (χ0n) is 10.9. The first-order chi connectivity index (χ1) is 8.91. The lowest BCUT2D eigenvalue weighted by Crippen LogP contribution is -2.40. The summed E-state index contributed by atoms with van der Waals surface area (Å²) < 4.78 is 26.7. The highest BCUT2D eigenvalue weighted by atomic mass is 19.1. The Morgan fingerprint density at radius 3 is 2.74 bits per heavy atom. The van der Waals surface area contributed by atoms with Crippen LogP contribution in [0.3, 0.4) is 0 Å². The van der Waals surface area contributed by atoms with Gasteiger partial charge in [-0.1, -0.05) is 13.0 Å². The van der Waals surface area contributed by atoms with Gasteiger partial charge < -0.3 is 5.11 Å². The van der Waals surface area contributed by atoms with E-state index in [-0.39, 0.29) is 12.0 Å². The van der Waals surface area contributed by atoms with Gasteiger partial charge in [-0.15, -0.1) is 0 Å². The van der Waals surface area contributed by atoms with Crippen LogP contribution in [0.15, 0.2) is 18.2 Å². The summed E-state index contributed by atoms with van der Waals surface area (Å²) in [5.74, 6) is -2.11. The van der Waals surface area contributed by atoms with Crippen molar-refractivity contribution in [1.29, 1.82) is 0 Å². The van der Waals surface area contributed by atoms with Crippen LogP contribution in [0.1, 0.15) is 31.9 Å². The largest absolute Gasteiger partial charge is 0.480 e. The van der Waals surface area contributed by atoms with E-state index in [1.54, 1.807) is 11.8 Å². The molecule has 3 nitrogen and oxygen atoms in total. The van der Waals surface area contributed by atoms with Crippen LogP contribution < -0.4 is 0 Å². The van der Waals surface area contributed by atoms with Gasteiger partial charge >= 0.3 is 5.97 Å². The molecule has 1 N–H and O–H groups in total. The summed E-state index contributed by atoms with van der Waals surface area (Å²) in [7, 11) is 0. The van der Waals surface area contributed by atoms with Crippen LogP contribution in [0.2, 0.25) is 0 Å². The molecule has 1 saturated heterocycles. The predicted molar refractivity (Wildman–Crippen MR) is 66.7 cm³/mol. The molecule has 19 heavy (non-hydrogen) atoms. The van der Waals surface area contributed by atoms with Gasteiger partial charge in [0, 0.05) is 17.7 Å². The summed E-state index contributed by atoms with van der Waals surface area (Å²) in [6.45, 7) is 4.24. The molecule has 0 radical (unpaired) electrons. The molecule has 1 aromatic carbocycles. The number of halogens is 2. The van der Waals surface area contributed by atoms with Gasteiger partial charge in [-0.2, -0.15) is 0 Å². The zero-order valence-corrected chi connectivity index (χ0v) is 10.9. The minimum absolute atomic E-state index is 0.0310. The number of hydrogen-bond donors (Lipinski definition) is 1. The minimum atomic E-state index is -0.889. The number of likely N-dealkylation sites (tertiary alicyclic amines) is 1. The SMILES string of the molecule is CC1CCN(C(C)c2ccc(F)cc2F)C1C(=O)O. The predicted octanol–water partition coefficient (Wildman–Crippen LogP) is 2.82. The van der Waals surface area contributed by atoms with Crippen molar-refractivity contribution in [1.82, 2.24) is 4.90 Å². The summed E-state index contributed by atoms with van der Waals surface area (Å²) in [4.78, 5) is 13.1. The number of benzene rings is 1. The molecule has 0 bridgehead atoms. The van der Waals surface area contributed by atoms with Gasteiger partial charge in [0.1, 0.15) is 17.7 Å². The van der Waals surface area contributed by atoms with E-state index in [0.29, 0.717) is 12.1 Å². The van der Waals surface area contributed by atoms with Crippen molar-refractivity contribution in [3.63, 3.8) is 0 Å². The van der Waals surface area contributed by atoms with Crippen molar-refractivity contribution in [2.45, 2.75) is 32.4 Å². The minimum Gasteiger partial charge on any atom is -0.480 e. The molecule has 3 atom stereocenters. The fraction of sp³-hybridized carbons (Fsp3) is 0.500. The number of aliphatic carboxylic acids is 1. The molecule has 0 aromatic heterocycles. The molecule has 0 aliphatic carbocycles. The van der Waals surface area contributed by atoms with Crippen molar-refractivity contribution < 1.29 is 18.7 Å². The van der Waals surface area contributed by atoms with Crippen LogP contribution in [-0.4, -0.2) is 28.6 Å². The molecule has 1 aromatic rings.